The van der Waals surface area contributed by atoms with Gasteiger partial charge in [0.1, 0.15) is 6.10 Å². The molecule has 3 N–H and O–H groups in total. The first kappa shape index (κ1) is 54.7. The molecule has 0 aromatic heterocycles. The van der Waals surface area contributed by atoms with Crippen LogP contribution in [0, 0.1) is 0 Å². The van der Waals surface area contributed by atoms with Crippen molar-refractivity contribution in [1.82, 2.24) is 0 Å². The molecule has 0 aliphatic carbocycles. The second-order valence-electron chi connectivity index (χ2n) is 14.5. The van der Waals surface area contributed by atoms with Gasteiger partial charge < -0.3 is 20.1 Å². The Kier molecular flexibility index (Phi) is 43.0. The number of carbonyl (C=O) groups is 1. The molecular formula is C48H84NO7P. The van der Waals surface area contributed by atoms with E-state index in [0.29, 0.717) is 13.0 Å². The number of hydrogen-bond donors (Lipinski definition) is 2. The molecule has 2 atom stereocenters. The minimum Gasteiger partial charge on any atom is -0.457 e. The lowest BCUT2D eigenvalue weighted by Gasteiger charge is -2.20. The molecule has 0 spiro atoms. The summed E-state index contributed by atoms with van der Waals surface area (Å²) in [5.41, 5.74) is 5.37. The second kappa shape index (κ2) is 44.8. The van der Waals surface area contributed by atoms with E-state index in [1.54, 1.807) is 0 Å². The normalized spacial score (nSPS) is 14.2. The van der Waals surface area contributed by atoms with Gasteiger partial charge in [0.2, 0.25) is 0 Å². The van der Waals surface area contributed by atoms with Gasteiger partial charge in [0, 0.05) is 19.6 Å². The first-order valence-electron chi connectivity index (χ1n) is 22.6. The van der Waals surface area contributed by atoms with Gasteiger partial charge in [-0.15, -0.1) is 0 Å². The van der Waals surface area contributed by atoms with E-state index in [0.717, 1.165) is 96.3 Å². The van der Waals surface area contributed by atoms with Crippen LogP contribution in [0.25, 0.3) is 0 Å². The van der Waals surface area contributed by atoms with Crippen molar-refractivity contribution in [2.45, 2.75) is 180 Å². The van der Waals surface area contributed by atoms with Gasteiger partial charge in [0.05, 0.1) is 19.8 Å². The largest absolute Gasteiger partial charge is 0.472 e. The van der Waals surface area contributed by atoms with E-state index in [-0.39, 0.29) is 32.3 Å². The molecule has 0 bridgehead atoms. The highest BCUT2D eigenvalue weighted by Gasteiger charge is 2.25. The van der Waals surface area contributed by atoms with Crippen molar-refractivity contribution in [2.75, 3.05) is 33.0 Å². The lowest BCUT2D eigenvalue weighted by atomic mass is 10.1. The monoisotopic (exact) mass is 818 g/mol. The van der Waals surface area contributed by atoms with Crippen molar-refractivity contribution in [3.05, 3.63) is 85.1 Å². The fraction of sp³-hybridized carbons (Fsp3) is 0.688. The Morgan fingerprint density at radius 2 is 0.982 bits per heavy atom. The summed E-state index contributed by atoms with van der Waals surface area (Å²) in [5, 5.41) is 0. The zero-order chi connectivity index (χ0) is 41.6. The molecule has 0 fully saturated rings. The summed E-state index contributed by atoms with van der Waals surface area (Å²) in [6, 6.07) is 0. The van der Waals surface area contributed by atoms with Crippen molar-refractivity contribution in [1.29, 1.82) is 0 Å². The van der Waals surface area contributed by atoms with Crippen LogP contribution in [-0.4, -0.2) is 49.9 Å². The van der Waals surface area contributed by atoms with Gasteiger partial charge in [0.15, 0.2) is 0 Å². The zero-order valence-electron chi connectivity index (χ0n) is 36.3. The summed E-state index contributed by atoms with van der Waals surface area (Å²) in [7, 11) is -4.29. The first-order chi connectivity index (χ1) is 27.9. The summed E-state index contributed by atoms with van der Waals surface area (Å²) in [5.74, 6) is -0.351. The molecule has 8 nitrogen and oxygen atoms in total. The number of rotatable bonds is 42. The van der Waals surface area contributed by atoms with Gasteiger partial charge in [-0.3, -0.25) is 13.8 Å². The SMILES string of the molecule is CC/C=C\C/C=C\C/C=C\C/C=C\C/C=C\CCCCCCCCCCOCC(COP(=O)(O)OCCN)OC(=O)CCCCCCC/C=C\C/C=C\CCCC. The molecule has 0 heterocycles. The van der Waals surface area contributed by atoms with E-state index in [2.05, 4.69) is 98.9 Å². The maximum absolute atomic E-state index is 12.6. The number of unbranched alkanes of at least 4 members (excludes halogenated alkanes) is 15. The standard InChI is InChI=1S/C48H84NO7P/c1-3-5-7-9-11-13-15-17-19-20-21-22-23-24-25-26-27-28-30-32-34-36-38-40-43-53-45-47(46-55-57(51,52)54-44-42-49)56-48(50)41-39-37-35-33-31-29-18-16-14-12-10-8-6-4-2/h5,7,10-13,16-19,21-22,24-25,47H,3-4,6,8-9,14-15,20,23,26-46,49H2,1-2H3,(H,51,52)/b7-5-,12-10-,13-11-,18-16-,19-17-,22-21-,25-24-. The highest BCUT2D eigenvalue weighted by Crippen LogP contribution is 2.43. The molecule has 328 valence electrons. The molecule has 57 heavy (non-hydrogen) atoms. The van der Waals surface area contributed by atoms with Crippen LogP contribution < -0.4 is 5.73 Å². The third-order valence-electron chi connectivity index (χ3n) is 9.05. The molecule has 2 unspecified atom stereocenters. The van der Waals surface area contributed by atoms with E-state index < -0.39 is 13.9 Å². The topological polar surface area (TPSA) is 117 Å². The van der Waals surface area contributed by atoms with Gasteiger partial charge in [-0.05, 0) is 83.5 Å². The summed E-state index contributed by atoms with van der Waals surface area (Å²) < 4.78 is 33.4. The van der Waals surface area contributed by atoms with Gasteiger partial charge in [0.25, 0.3) is 0 Å². The molecule has 9 heteroatoms. The Bertz CT molecular complexity index is 1140. The summed E-state index contributed by atoms with van der Waals surface area (Å²) in [6.45, 7) is 4.71. The quantitative estimate of drug-likeness (QED) is 0.0271. The first-order valence-corrected chi connectivity index (χ1v) is 24.1. The highest BCUT2D eigenvalue weighted by atomic mass is 31.2. The number of phosphoric acid groups is 1. The Morgan fingerprint density at radius 3 is 1.47 bits per heavy atom. The number of ether oxygens (including phenoxy) is 2. The van der Waals surface area contributed by atoms with E-state index in [9.17, 15) is 14.3 Å². The van der Waals surface area contributed by atoms with Crippen LogP contribution in [0.15, 0.2) is 85.1 Å². The zero-order valence-corrected chi connectivity index (χ0v) is 37.2. The van der Waals surface area contributed by atoms with Gasteiger partial charge in [-0.1, -0.05) is 170 Å². The lowest BCUT2D eigenvalue weighted by molar-refractivity contribution is -0.154. The molecular weight excluding hydrogens is 734 g/mol. The number of allylic oxidation sites excluding steroid dienone is 14. The number of nitrogens with two attached hydrogens (primary N) is 1. The summed E-state index contributed by atoms with van der Waals surface area (Å²) in [6.07, 6.45) is 57.5. The maximum atomic E-state index is 12.6. The fourth-order valence-electron chi connectivity index (χ4n) is 5.74. The molecule has 0 aromatic rings. The second-order valence-corrected chi connectivity index (χ2v) is 16.0. The van der Waals surface area contributed by atoms with Crippen LogP contribution in [0.5, 0.6) is 0 Å². The Labute approximate surface area is 349 Å². The van der Waals surface area contributed by atoms with Crippen molar-refractivity contribution in [2.24, 2.45) is 5.73 Å². The van der Waals surface area contributed by atoms with Crippen molar-refractivity contribution >= 4 is 13.8 Å². The number of hydrogen-bond acceptors (Lipinski definition) is 7. The number of esters is 1. The fourth-order valence-corrected chi connectivity index (χ4v) is 6.51. The van der Waals surface area contributed by atoms with E-state index in [4.69, 9.17) is 24.3 Å². The van der Waals surface area contributed by atoms with Crippen LogP contribution in [0.2, 0.25) is 0 Å². The van der Waals surface area contributed by atoms with Gasteiger partial charge in [-0.2, -0.15) is 0 Å². The Morgan fingerprint density at radius 1 is 0.544 bits per heavy atom. The van der Waals surface area contributed by atoms with Gasteiger partial charge >= 0.3 is 13.8 Å². The molecule has 0 aliphatic rings. The average Bonchev–Trinajstić information content (AvgIpc) is 3.20. The minimum atomic E-state index is -4.29. The van der Waals surface area contributed by atoms with Crippen LogP contribution in [0.3, 0.4) is 0 Å². The van der Waals surface area contributed by atoms with Gasteiger partial charge in [-0.25, -0.2) is 4.57 Å². The third-order valence-corrected chi connectivity index (χ3v) is 10.0. The molecule has 0 radical (unpaired) electrons. The predicted molar refractivity (Wildman–Crippen MR) is 242 cm³/mol. The number of carbonyl (C=O) groups excluding carboxylic acids is 1. The molecule has 0 amide bonds. The lowest BCUT2D eigenvalue weighted by Crippen LogP contribution is -2.28. The number of phosphoric ester groups is 1. The summed E-state index contributed by atoms with van der Waals surface area (Å²) in [4.78, 5) is 22.5. The molecule has 0 aromatic carbocycles. The van der Waals surface area contributed by atoms with E-state index in [1.165, 1.54) is 57.8 Å². The predicted octanol–water partition coefficient (Wildman–Crippen LogP) is 13.7. The van der Waals surface area contributed by atoms with Crippen molar-refractivity contribution in [3.63, 3.8) is 0 Å². The molecule has 0 saturated carbocycles. The molecule has 0 rings (SSSR count). The highest BCUT2D eigenvalue weighted by molar-refractivity contribution is 7.47. The average molecular weight is 818 g/mol. The smallest absolute Gasteiger partial charge is 0.457 e. The van der Waals surface area contributed by atoms with Crippen molar-refractivity contribution < 1.29 is 32.8 Å². The van der Waals surface area contributed by atoms with Crippen LogP contribution >= 0.6 is 7.82 Å². The van der Waals surface area contributed by atoms with Crippen LogP contribution in [-0.2, 0) is 27.9 Å². The molecule has 0 saturated heterocycles. The minimum absolute atomic E-state index is 0.0920. The van der Waals surface area contributed by atoms with E-state index in [1.807, 2.05) is 0 Å². The Balaban J connectivity index is 4.03. The Hall–Kier alpha value is -2.32. The van der Waals surface area contributed by atoms with Crippen LogP contribution in [0.1, 0.15) is 174 Å². The van der Waals surface area contributed by atoms with Crippen LogP contribution in [0.4, 0.5) is 0 Å². The van der Waals surface area contributed by atoms with E-state index >= 15 is 0 Å². The summed E-state index contributed by atoms with van der Waals surface area (Å²) >= 11 is 0. The molecule has 0 aliphatic heterocycles. The maximum Gasteiger partial charge on any atom is 0.472 e. The van der Waals surface area contributed by atoms with Crippen molar-refractivity contribution in [3.8, 4) is 0 Å². The third kappa shape index (κ3) is 44.6.